The summed E-state index contributed by atoms with van der Waals surface area (Å²) in [6, 6.07) is 3.36. The van der Waals surface area contributed by atoms with E-state index in [9.17, 15) is 14.3 Å². The number of phenols is 1. The fourth-order valence-corrected chi connectivity index (χ4v) is 1.79. The van der Waals surface area contributed by atoms with Gasteiger partial charge >= 0.3 is 0 Å². The summed E-state index contributed by atoms with van der Waals surface area (Å²) < 4.78 is 12.7. The van der Waals surface area contributed by atoms with E-state index in [1.807, 2.05) is 0 Å². The molecule has 17 heavy (non-hydrogen) atoms. The largest absolute Gasteiger partial charge is 0.507 e. The number of aromatic hydroxyl groups is 1. The molecule has 0 aromatic heterocycles. The highest BCUT2D eigenvalue weighted by atomic mass is 79.9. The van der Waals surface area contributed by atoms with Crippen LogP contribution in [0.4, 0.5) is 4.39 Å². The van der Waals surface area contributed by atoms with Gasteiger partial charge in [0.1, 0.15) is 11.6 Å². The molecule has 0 fully saturated rings. The molecule has 3 nitrogen and oxygen atoms in total. The van der Waals surface area contributed by atoms with E-state index in [1.54, 1.807) is 0 Å². The Bertz CT molecular complexity index is 385. The fraction of sp³-hybridized carbons (Fsp3) is 0.417. The smallest absolute Gasteiger partial charge is 0.255 e. The summed E-state index contributed by atoms with van der Waals surface area (Å²) in [5, 5.41) is 13.0. The molecule has 0 saturated carbocycles. The van der Waals surface area contributed by atoms with E-state index >= 15 is 0 Å². The van der Waals surface area contributed by atoms with Crippen LogP contribution in [0.15, 0.2) is 18.2 Å². The monoisotopic (exact) mass is 303 g/mol. The molecule has 0 saturated heterocycles. The minimum atomic E-state index is -0.559. The Labute approximate surface area is 108 Å². The third kappa shape index (κ3) is 4.73. The molecule has 0 aliphatic heterocycles. The molecule has 0 radical (unpaired) electrons. The third-order valence-electron chi connectivity index (χ3n) is 2.30. The first-order valence-corrected chi connectivity index (χ1v) is 6.60. The van der Waals surface area contributed by atoms with Crippen LogP contribution in [0.25, 0.3) is 0 Å². The van der Waals surface area contributed by atoms with Crippen molar-refractivity contribution in [3.8, 4) is 5.75 Å². The summed E-state index contributed by atoms with van der Waals surface area (Å²) in [5.41, 5.74) is 0.104. The second-order valence-corrected chi connectivity index (χ2v) is 4.46. The van der Waals surface area contributed by atoms with Crippen LogP contribution < -0.4 is 5.32 Å². The van der Waals surface area contributed by atoms with Gasteiger partial charge in [-0.3, -0.25) is 4.79 Å². The van der Waals surface area contributed by atoms with Crippen molar-refractivity contribution in [2.75, 3.05) is 11.9 Å². The van der Waals surface area contributed by atoms with Crippen molar-refractivity contribution >= 4 is 21.8 Å². The van der Waals surface area contributed by atoms with Gasteiger partial charge in [0.05, 0.1) is 5.56 Å². The third-order valence-corrected chi connectivity index (χ3v) is 2.86. The fourth-order valence-electron chi connectivity index (χ4n) is 1.39. The van der Waals surface area contributed by atoms with Crippen molar-refractivity contribution in [3.05, 3.63) is 29.6 Å². The van der Waals surface area contributed by atoms with Crippen molar-refractivity contribution in [1.82, 2.24) is 5.32 Å². The van der Waals surface area contributed by atoms with Crippen molar-refractivity contribution in [2.45, 2.75) is 19.3 Å². The lowest BCUT2D eigenvalue weighted by molar-refractivity contribution is 0.0950. The van der Waals surface area contributed by atoms with Gasteiger partial charge in [0.15, 0.2) is 0 Å². The second-order valence-electron chi connectivity index (χ2n) is 3.67. The SMILES string of the molecule is O=C(NCCCCCBr)c1ccc(F)cc1O. The second kappa shape index (κ2) is 7.27. The van der Waals surface area contributed by atoms with Crippen LogP contribution in [0.1, 0.15) is 29.6 Å². The summed E-state index contributed by atoms with van der Waals surface area (Å²) in [6.45, 7) is 0.558. The predicted molar refractivity (Wildman–Crippen MR) is 68.0 cm³/mol. The maximum Gasteiger partial charge on any atom is 0.255 e. The van der Waals surface area contributed by atoms with Crippen LogP contribution in [-0.2, 0) is 0 Å². The van der Waals surface area contributed by atoms with Gasteiger partial charge in [0.2, 0.25) is 0 Å². The van der Waals surface area contributed by atoms with Crippen molar-refractivity contribution in [2.24, 2.45) is 0 Å². The van der Waals surface area contributed by atoms with Crippen molar-refractivity contribution < 1.29 is 14.3 Å². The summed E-state index contributed by atoms with van der Waals surface area (Å²) in [7, 11) is 0. The highest BCUT2D eigenvalue weighted by Gasteiger charge is 2.10. The van der Waals surface area contributed by atoms with Gasteiger partial charge in [-0.2, -0.15) is 0 Å². The number of benzene rings is 1. The molecule has 0 aliphatic carbocycles. The van der Waals surface area contributed by atoms with E-state index in [2.05, 4.69) is 21.2 Å². The zero-order valence-electron chi connectivity index (χ0n) is 9.38. The molecule has 0 unspecified atom stereocenters. The van der Waals surface area contributed by atoms with E-state index in [1.165, 1.54) is 6.07 Å². The molecule has 1 aromatic carbocycles. The van der Waals surface area contributed by atoms with E-state index in [4.69, 9.17) is 0 Å². The number of hydrogen-bond acceptors (Lipinski definition) is 2. The maximum absolute atomic E-state index is 12.7. The summed E-state index contributed by atoms with van der Waals surface area (Å²) in [4.78, 5) is 11.6. The van der Waals surface area contributed by atoms with Gasteiger partial charge < -0.3 is 10.4 Å². The Hall–Kier alpha value is -1.10. The molecular formula is C12H15BrFNO2. The van der Waals surface area contributed by atoms with Crippen LogP contribution in [0.2, 0.25) is 0 Å². The number of halogens is 2. The highest BCUT2D eigenvalue weighted by Crippen LogP contribution is 2.17. The Balaban J connectivity index is 2.42. The van der Waals surface area contributed by atoms with Crippen molar-refractivity contribution in [3.63, 3.8) is 0 Å². The lowest BCUT2D eigenvalue weighted by atomic mass is 10.2. The Morgan fingerprint density at radius 1 is 1.35 bits per heavy atom. The van der Waals surface area contributed by atoms with Gasteiger partial charge in [0.25, 0.3) is 5.91 Å². The normalized spacial score (nSPS) is 10.2. The number of carbonyl (C=O) groups is 1. The zero-order chi connectivity index (χ0) is 12.7. The molecule has 0 aliphatic rings. The molecule has 1 amide bonds. The quantitative estimate of drug-likeness (QED) is 0.627. The summed E-state index contributed by atoms with van der Waals surface area (Å²) in [5.74, 6) is -1.26. The molecule has 0 bridgehead atoms. The minimum absolute atomic E-state index is 0.104. The van der Waals surface area contributed by atoms with Gasteiger partial charge in [-0.05, 0) is 25.0 Å². The van der Waals surface area contributed by atoms with Crippen LogP contribution in [-0.4, -0.2) is 22.9 Å². The number of nitrogens with one attached hydrogen (secondary N) is 1. The van der Waals surface area contributed by atoms with Gasteiger partial charge in [-0.1, -0.05) is 22.4 Å². The molecule has 0 spiro atoms. The van der Waals surface area contributed by atoms with Crippen LogP contribution in [0.5, 0.6) is 5.75 Å². The number of amides is 1. The van der Waals surface area contributed by atoms with Gasteiger partial charge in [-0.25, -0.2) is 4.39 Å². The predicted octanol–water partition coefficient (Wildman–Crippen LogP) is 2.83. The van der Waals surface area contributed by atoms with Crippen LogP contribution in [0.3, 0.4) is 0 Å². The first-order chi connectivity index (χ1) is 8.15. The van der Waals surface area contributed by atoms with Gasteiger partial charge in [0, 0.05) is 17.9 Å². The molecule has 2 N–H and O–H groups in total. The van der Waals surface area contributed by atoms with E-state index in [-0.39, 0.29) is 17.2 Å². The Morgan fingerprint density at radius 3 is 2.76 bits per heavy atom. The molecule has 0 atom stereocenters. The standard InChI is InChI=1S/C12H15BrFNO2/c13-6-2-1-3-7-15-12(17)10-5-4-9(14)8-11(10)16/h4-5,8,16H,1-3,6-7H2,(H,15,17). The summed E-state index contributed by atoms with van der Waals surface area (Å²) >= 11 is 3.33. The molecule has 1 aromatic rings. The van der Waals surface area contributed by atoms with E-state index in [0.29, 0.717) is 6.54 Å². The highest BCUT2D eigenvalue weighted by molar-refractivity contribution is 9.09. The first-order valence-electron chi connectivity index (χ1n) is 5.48. The number of alkyl halides is 1. The Kier molecular flexibility index (Phi) is 5.97. The van der Waals surface area contributed by atoms with E-state index < -0.39 is 5.82 Å². The minimum Gasteiger partial charge on any atom is -0.507 e. The van der Waals surface area contributed by atoms with Crippen molar-refractivity contribution in [1.29, 1.82) is 0 Å². The number of rotatable bonds is 6. The zero-order valence-corrected chi connectivity index (χ0v) is 11.0. The molecular weight excluding hydrogens is 289 g/mol. The number of carbonyl (C=O) groups excluding carboxylic acids is 1. The number of unbranched alkanes of at least 4 members (excludes halogenated alkanes) is 2. The molecule has 94 valence electrons. The lowest BCUT2D eigenvalue weighted by Gasteiger charge is -2.06. The lowest BCUT2D eigenvalue weighted by Crippen LogP contribution is -2.24. The molecule has 1 rings (SSSR count). The summed E-state index contributed by atoms with van der Waals surface area (Å²) in [6.07, 6.45) is 2.98. The average molecular weight is 304 g/mol. The molecule has 0 heterocycles. The Morgan fingerprint density at radius 2 is 2.12 bits per heavy atom. The van der Waals surface area contributed by atoms with Crippen LogP contribution in [0, 0.1) is 5.82 Å². The van der Waals surface area contributed by atoms with E-state index in [0.717, 1.165) is 36.7 Å². The molecule has 5 heteroatoms. The average Bonchev–Trinajstić information content (AvgIpc) is 2.28. The van der Waals surface area contributed by atoms with Gasteiger partial charge in [-0.15, -0.1) is 0 Å². The topological polar surface area (TPSA) is 49.3 Å². The number of hydrogen-bond donors (Lipinski definition) is 2. The first kappa shape index (κ1) is 14.0. The maximum atomic E-state index is 12.7. The van der Waals surface area contributed by atoms with Crippen LogP contribution >= 0.6 is 15.9 Å². The number of phenolic OH excluding ortho intramolecular Hbond substituents is 1.